The van der Waals surface area contributed by atoms with Crippen LogP contribution in [0.2, 0.25) is 0 Å². The summed E-state index contributed by atoms with van der Waals surface area (Å²) in [5, 5.41) is 2.47. The fraction of sp³-hybridized carbons (Fsp3) is 0.263. The number of alkyl carbamates (subject to hydrolysis) is 1. The van der Waals surface area contributed by atoms with Crippen LogP contribution in [0.4, 0.5) is 4.79 Å². The van der Waals surface area contributed by atoms with E-state index in [1.54, 1.807) is 7.11 Å². The van der Waals surface area contributed by atoms with E-state index in [1.807, 2.05) is 54.6 Å². The quantitative estimate of drug-likeness (QED) is 0.709. The Hall–Kier alpha value is -2.86. The number of methoxy groups -OCH3 is 1. The average molecular weight is 343 g/mol. The van der Waals surface area contributed by atoms with Gasteiger partial charge in [-0.15, -0.1) is 0 Å². The Balaban J connectivity index is 1.70. The minimum Gasteiger partial charge on any atom is -0.497 e. The van der Waals surface area contributed by atoms with Crippen molar-refractivity contribution in [1.29, 1.82) is 0 Å². The highest BCUT2D eigenvalue weighted by Gasteiger charge is 2.12. The number of nitrogens with one attached hydrogen (secondary N) is 1. The largest absolute Gasteiger partial charge is 0.497 e. The SMILES string of the molecule is COc1ccc(COC[C@@H](C=O)NC(=O)OCc2ccccc2)cc1. The summed E-state index contributed by atoms with van der Waals surface area (Å²) in [6, 6.07) is 15.9. The second-order valence-corrected chi connectivity index (χ2v) is 5.31. The molecular formula is C19H21NO5. The molecule has 0 saturated carbocycles. The normalized spacial score (nSPS) is 11.4. The predicted molar refractivity (Wildman–Crippen MR) is 92.3 cm³/mol. The number of carbonyl (C=O) groups is 2. The summed E-state index contributed by atoms with van der Waals surface area (Å²) in [6.07, 6.45) is -0.0355. The maximum absolute atomic E-state index is 11.7. The highest BCUT2D eigenvalue weighted by Crippen LogP contribution is 2.11. The van der Waals surface area contributed by atoms with E-state index in [0.29, 0.717) is 12.9 Å². The van der Waals surface area contributed by atoms with Gasteiger partial charge in [-0.2, -0.15) is 0 Å². The molecule has 1 N–H and O–H groups in total. The first-order valence-electron chi connectivity index (χ1n) is 7.84. The van der Waals surface area contributed by atoms with Crippen LogP contribution in [0.5, 0.6) is 5.75 Å². The number of hydrogen-bond acceptors (Lipinski definition) is 5. The molecule has 6 nitrogen and oxygen atoms in total. The first-order valence-corrected chi connectivity index (χ1v) is 7.84. The third kappa shape index (κ3) is 6.64. The Morgan fingerprint density at radius 1 is 1.04 bits per heavy atom. The molecule has 1 amide bonds. The third-order valence-electron chi connectivity index (χ3n) is 3.41. The van der Waals surface area contributed by atoms with Crippen LogP contribution in [0.3, 0.4) is 0 Å². The van der Waals surface area contributed by atoms with Crippen molar-refractivity contribution in [3.05, 3.63) is 65.7 Å². The number of rotatable bonds is 9. The summed E-state index contributed by atoms with van der Waals surface area (Å²) < 4.78 is 15.6. The molecule has 0 aliphatic heterocycles. The van der Waals surface area contributed by atoms with Gasteiger partial charge >= 0.3 is 6.09 Å². The van der Waals surface area contributed by atoms with E-state index >= 15 is 0 Å². The number of amides is 1. The van der Waals surface area contributed by atoms with Crippen molar-refractivity contribution < 1.29 is 23.8 Å². The highest BCUT2D eigenvalue weighted by atomic mass is 16.5. The zero-order chi connectivity index (χ0) is 17.9. The number of carbonyl (C=O) groups excluding carboxylic acids is 2. The van der Waals surface area contributed by atoms with E-state index in [1.165, 1.54) is 0 Å². The molecule has 0 aliphatic carbocycles. The second kappa shape index (κ2) is 10.1. The summed E-state index contributed by atoms with van der Waals surface area (Å²) in [7, 11) is 1.60. The molecule has 0 radical (unpaired) electrons. The maximum Gasteiger partial charge on any atom is 0.408 e. The van der Waals surface area contributed by atoms with Gasteiger partial charge in [-0.1, -0.05) is 42.5 Å². The summed E-state index contributed by atoms with van der Waals surface area (Å²) in [6.45, 7) is 0.538. The van der Waals surface area contributed by atoms with Gasteiger partial charge in [0.15, 0.2) is 0 Å². The lowest BCUT2D eigenvalue weighted by Gasteiger charge is -2.13. The minimum absolute atomic E-state index is 0.0654. The summed E-state index contributed by atoms with van der Waals surface area (Å²) in [4.78, 5) is 22.8. The Kier molecular flexibility index (Phi) is 7.46. The van der Waals surface area contributed by atoms with E-state index in [2.05, 4.69) is 5.32 Å². The molecule has 0 unspecified atom stereocenters. The second-order valence-electron chi connectivity index (χ2n) is 5.31. The van der Waals surface area contributed by atoms with Crippen molar-refractivity contribution >= 4 is 12.4 Å². The molecule has 0 fully saturated rings. The van der Waals surface area contributed by atoms with Gasteiger partial charge in [0.05, 0.1) is 20.3 Å². The molecule has 0 aromatic heterocycles. The number of benzene rings is 2. The highest BCUT2D eigenvalue weighted by molar-refractivity contribution is 5.73. The molecule has 0 aliphatic rings. The van der Waals surface area contributed by atoms with Crippen molar-refractivity contribution in [3.8, 4) is 5.75 Å². The van der Waals surface area contributed by atoms with Gasteiger partial charge in [-0.25, -0.2) is 4.79 Å². The maximum atomic E-state index is 11.7. The van der Waals surface area contributed by atoms with Gasteiger partial charge in [-0.05, 0) is 23.3 Å². The van der Waals surface area contributed by atoms with Crippen LogP contribution in [0.25, 0.3) is 0 Å². The molecule has 25 heavy (non-hydrogen) atoms. The van der Waals surface area contributed by atoms with Gasteiger partial charge in [-0.3, -0.25) is 0 Å². The van der Waals surface area contributed by atoms with Crippen molar-refractivity contribution in [2.24, 2.45) is 0 Å². The van der Waals surface area contributed by atoms with Gasteiger partial charge in [0, 0.05) is 0 Å². The Bertz CT molecular complexity index is 657. The molecule has 132 valence electrons. The molecular weight excluding hydrogens is 322 g/mol. The van der Waals surface area contributed by atoms with Crippen LogP contribution in [0.15, 0.2) is 54.6 Å². The van der Waals surface area contributed by atoms with E-state index in [-0.39, 0.29) is 13.2 Å². The lowest BCUT2D eigenvalue weighted by atomic mass is 10.2. The Morgan fingerprint density at radius 2 is 1.72 bits per heavy atom. The smallest absolute Gasteiger partial charge is 0.408 e. The zero-order valence-electron chi connectivity index (χ0n) is 14.0. The van der Waals surface area contributed by atoms with Crippen LogP contribution in [-0.4, -0.2) is 32.1 Å². The first kappa shape index (κ1) is 18.5. The van der Waals surface area contributed by atoms with Crippen LogP contribution < -0.4 is 10.1 Å². The minimum atomic E-state index is -0.762. The van der Waals surface area contributed by atoms with Crippen LogP contribution in [0.1, 0.15) is 11.1 Å². The summed E-state index contributed by atoms with van der Waals surface area (Å²) in [5.41, 5.74) is 1.81. The molecule has 6 heteroatoms. The van der Waals surface area contributed by atoms with Gasteiger partial charge in [0.2, 0.25) is 0 Å². The van der Waals surface area contributed by atoms with E-state index in [9.17, 15) is 9.59 Å². The number of ether oxygens (including phenoxy) is 3. The molecule has 2 aromatic rings. The summed E-state index contributed by atoms with van der Waals surface area (Å²) in [5.74, 6) is 0.761. The topological polar surface area (TPSA) is 73.9 Å². The third-order valence-corrected chi connectivity index (χ3v) is 3.41. The van der Waals surface area contributed by atoms with Gasteiger partial charge in [0.1, 0.15) is 24.7 Å². The fourth-order valence-corrected chi connectivity index (χ4v) is 2.06. The first-order chi connectivity index (χ1) is 12.2. The van der Waals surface area contributed by atoms with Gasteiger partial charge in [0.25, 0.3) is 0 Å². The van der Waals surface area contributed by atoms with Crippen molar-refractivity contribution in [3.63, 3.8) is 0 Å². The number of aldehydes is 1. The molecule has 0 saturated heterocycles. The van der Waals surface area contributed by atoms with Crippen molar-refractivity contribution in [2.75, 3.05) is 13.7 Å². The van der Waals surface area contributed by atoms with Crippen LogP contribution in [-0.2, 0) is 27.5 Å². The Morgan fingerprint density at radius 3 is 2.36 bits per heavy atom. The Labute approximate surface area is 146 Å². The van der Waals surface area contributed by atoms with Gasteiger partial charge < -0.3 is 24.3 Å². The van der Waals surface area contributed by atoms with Crippen molar-refractivity contribution in [2.45, 2.75) is 19.3 Å². The molecule has 2 rings (SSSR count). The number of hydrogen-bond donors (Lipinski definition) is 1. The van der Waals surface area contributed by atoms with Crippen molar-refractivity contribution in [1.82, 2.24) is 5.32 Å². The lowest BCUT2D eigenvalue weighted by molar-refractivity contribution is -0.111. The molecule has 0 spiro atoms. The standard InChI is InChI=1S/C19H21NO5/c1-23-18-9-7-16(8-10-18)12-24-14-17(11-21)20-19(22)25-13-15-5-3-2-4-6-15/h2-11,17H,12-14H2,1H3,(H,20,22)/t17-/m1/s1. The molecule has 1 atom stereocenters. The van der Waals surface area contributed by atoms with Crippen LogP contribution in [0, 0.1) is 0 Å². The predicted octanol–water partition coefficient (Wildman–Crippen LogP) is 2.71. The average Bonchev–Trinajstić information content (AvgIpc) is 2.67. The van der Waals surface area contributed by atoms with E-state index in [0.717, 1.165) is 16.9 Å². The summed E-state index contributed by atoms with van der Waals surface area (Å²) >= 11 is 0. The molecule has 2 aromatic carbocycles. The van der Waals surface area contributed by atoms with E-state index < -0.39 is 12.1 Å². The van der Waals surface area contributed by atoms with Crippen LogP contribution >= 0.6 is 0 Å². The lowest BCUT2D eigenvalue weighted by Crippen LogP contribution is -2.39. The fourth-order valence-electron chi connectivity index (χ4n) is 2.06. The van der Waals surface area contributed by atoms with E-state index in [4.69, 9.17) is 14.2 Å². The monoisotopic (exact) mass is 343 g/mol. The zero-order valence-corrected chi connectivity index (χ0v) is 14.0. The molecule has 0 heterocycles. The molecule has 0 bridgehead atoms.